The molecule has 344 valence electrons. The van der Waals surface area contributed by atoms with Gasteiger partial charge < -0.3 is 14.2 Å². The number of carbonyl (C=O) groups is 2. The maximum Gasteiger partial charge on any atom is 0.329 e. The zero-order chi connectivity index (χ0) is 46.2. The highest BCUT2D eigenvalue weighted by molar-refractivity contribution is 7.98. The van der Waals surface area contributed by atoms with Crippen molar-refractivity contribution in [1.29, 1.82) is 5.26 Å². The summed E-state index contributed by atoms with van der Waals surface area (Å²) in [4.78, 5) is 45.2. The molecule has 65 heavy (non-hydrogen) atoms. The number of carbonyl (C=O) groups excluding carboxylic acids is 2. The molecular weight excluding hydrogens is 869 g/mol. The van der Waals surface area contributed by atoms with Crippen LogP contribution in [0.15, 0.2) is 53.6 Å². The van der Waals surface area contributed by atoms with E-state index in [1.807, 2.05) is 36.2 Å². The van der Waals surface area contributed by atoms with E-state index in [1.165, 1.54) is 52.3 Å². The standard InChI is InChI=1S/C45H50F4N10O5S/c1-5-16-58(43(62)52-26-60)41-32-19-36(47)30(20-39(32)56(4)53-41)34-13-17-57(24-45(34,48)49)27-11-14-44(15-12-27)21-28(23-63-44)59-25-51-37-9-7-29(18-31(37)42(59)61)64-40-33(22-50)38(10-8-35(40)46)54-65-55(3)6-2/h7-10,18-20,25-28,34,54H,5-6,11-17,21,23-24H2,1-4H3,(H,52,60,62). The van der Waals surface area contributed by atoms with Gasteiger partial charge in [-0.2, -0.15) is 10.4 Å². The van der Waals surface area contributed by atoms with Gasteiger partial charge in [-0.25, -0.2) is 31.6 Å². The van der Waals surface area contributed by atoms with Gasteiger partial charge >= 0.3 is 6.03 Å². The average molecular weight is 919 g/mol. The molecule has 2 N–H and O–H groups in total. The molecule has 2 atom stereocenters. The van der Waals surface area contributed by atoms with E-state index in [-0.39, 0.29) is 82.8 Å². The van der Waals surface area contributed by atoms with E-state index in [1.54, 1.807) is 23.7 Å². The van der Waals surface area contributed by atoms with Crippen LogP contribution in [0, 0.1) is 23.0 Å². The van der Waals surface area contributed by atoms with E-state index < -0.39 is 41.7 Å². The lowest BCUT2D eigenvalue weighted by atomic mass is 9.78. The number of nitriles is 1. The van der Waals surface area contributed by atoms with Gasteiger partial charge in [-0.1, -0.05) is 13.8 Å². The zero-order valence-corrected chi connectivity index (χ0v) is 37.3. The molecule has 3 amide bonds. The number of benzene rings is 3. The number of likely N-dealkylation sites (tertiary alicyclic amines) is 1. The number of rotatable bonds is 13. The molecule has 0 bridgehead atoms. The number of halogens is 4. The van der Waals surface area contributed by atoms with Crippen LogP contribution in [-0.4, -0.2) is 98.4 Å². The van der Waals surface area contributed by atoms with Gasteiger partial charge in [-0.15, -0.1) is 0 Å². The number of hydrogen-bond donors (Lipinski definition) is 2. The van der Waals surface area contributed by atoms with Gasteiger partial charge in [0.25, 0.3) is 11.5 Å². The van der Waals surface area contributed by atoms with Gasteiger partial charge in [0.05, 0.1) is 59.1 Å². The van der Waals surface area contributed by atoms with E-state index in [2.05, 4.69) is 20.1 Å². The fourth-order valence-corrected chi connectivity index (χ4v) is 10.1. The quantitative estimate of drug-likeness (QED) is 0.0666. The third-order valence-electron chi connectivity index (χ3n) is 13.0. The molecule has 15 nitrogen and oxygen atoms in total. The van der Waals surface area contributed by atoms with Crippen molar-refractivity contribution < 1.29 is 36.6 Å². The van der Waals surface area contributed by atoms with Gasteiger partial charge in [0.1, 0.15) is 23.2 Å². The number of aryl methyl sites for hydroxylation is 1. The average Bonchev–Trinajstić information content (AvgIpc) is 3.84. The first-order valence-electron chi connectivity index (χ1n) is 21.7. The Kier molecular flexibility index (Phi) is 13.1. The molecule has 3 fully saturated rings. The summed E-state index contributed by atoms with van der Waals surface area (Å²) >= 11 is 1.25. The van der Waals surface area contributed by atoms with Crippen LogP contribution in [-0.2, 0) is 16.6 Å². The predicted octanol–water partition coefficient (Wildman–Crippen LogP) is 8.00. The number of ether oxygens (including phenoxy) is 2. The minimum atomic E-state index is -3.25. The predicted molar refractivity (Wildman–Crippen MR) is 238 cm³/mol. The Labute approximate surface area is 376 Å². The number of urea groups is 1. The highest BCUT2D eigenvalue weighted by Crippen LogP contribution is 2.48. The SMILES string of the molecule is CCCN(C(=O)NC=O)c1nn(C)c2cc(C3CCN(C4CCC5(CC4)CC(n4cnc6ccc(Oc7c(F)ccc(NSN(C)CC)c7C#N)cc6c4=O)CO5)CC3(F)F)c(F)cc12. The Bertz CT molecular complexity index is 2720. The molecule has 3 aliphatic rings. The van der Waals surface area contributed by atoms with Crippen LogP contribution in [0.1, 0.15) is 81.9 Å². The normalized spacial score (nSPS) is 22.1. The number of nitrogens with one attached hydrogen (secondary N) is 2. The summed E-state index contributed by atoms with van der Waals surface area (Å²) in [7, 11) is 3.46. The molecule has 1 aliphatic carbocycles. The number of fused-ring (bicyclic) bond motifs is 2. The fraction of sp³-hybridized carbons (Fsp3) is 0.467. The maximum absolute atomic E-state index is 16.2. The largest absolute Gasteiger partial charge is 0.453 e. The van der Waals surface area contributed by atoms with E-state index in [4.69, 9.17) is 9.47 Å². The van der Waals surface area contributed by atoms with Crippen LogP contribution < -0.4 is 25.2 Å². The number of aromatic nitrogens is 4. The number of alkyl halides is 2. The molecule has 3 aromatic carbocycles. The molecule has 0 radical (unpaired) electrons. The molecule has 5 aromatic rings. The number of amides is 3. The van der Waals surface area contributed by atoms with Crippen LogP contribution in [0.2, 0.25) is 0 Å². The smallest absolute Gasteiger partial charge is 0.329 e. The van der Waals surface area contributed by atoms with Crippen molar-refractivity contribution in [3.05, 3.63) is 81.9 Å². The van der Waals surface area contributed by atoms with Crippen LogP contribution in [0.25, 0.3) is 21.8 Å². The molecule has 20 heteroatoms. The van der Waals surface area contributed by atoms with Gasteiger partial charge in [0.2, 0.25) is 6.41 Å². The van der Waals surface area contributed by atoms with Crippen molar-refractivity contribution in [3.63, 3.8) is 0 Å². The second-order valence-corrected chi connectivity index (χ2v) is 18.0. The van der Waals surface area contributed by atoms with Crippen molar-refractivity contribution in [1.82, 2.24) is 33.9 Å². The molecule has 1 spiro atoms. The van der Waals surface area contributed by atoms with Gasteiger partial charge in [-0.05, 0) is 107 Å². The van der Waals surface area contributed by atoms with Crippen molar-refractivity contribution in [2.24, 2.45) is 7.05 Å². The van der Waals surface area contributed by atoms with Crippen LogP contribution in [0.3, 0.4) is 0 Å². The fourth-order valence-electron chi connectivity index (χ4n) is 9.50. The van der Waals surface area contributed by atoms with E-state index in [0.717, 1.165) is 12.6 Å². The summed E-state index contributed by atoms with van der Waals surface area (Å²) < 4.78 is 83.6. The number of piperidine rings is 1. The molecule has 2 aliphatic heterocycles. The number of anilines is 2. The van der Waals surface area contributed by atoms with E-state index in [0.29, 0.717) is 61.8 Å². The minimum absolute atomic E-state index is 0.0289. The van der Waals surface area contributed by atoms with Crippen LogP contribution in [0.5, 0.6) is 11.5 Å². The summed E-state index contributed by atoms with van der Waals surface area (Å²) in [6.45, 7) is 4.79. The van der Waals surface area contributed by atoms with Crippen molar-refractivity contribution >= 4 is 57.9 Å². The molecule has 8 rings (SSSR count). The molecule has 1 saturated carbocycles. The topological polar surface area (TPSA) is 163 Å². The van der Waals surface area contributed by atoms with Crippen molar-refractivity contribution in [3.8, 4) is 17.6 Å². The lowest BCUT2D eigenvalue weighted by Gasteiger charge is -2.46. The number of hydrogen-bond acceptors (Lipinski definition) is 12. The Morgan fingerprint density at radius 1 is 1.09 bits per heavy atom. The summed E-state index contributed by atoms with van der Waals surface area (Å²) in [6.07, 6.45) is 5.25. The Morgan fingerprint density at radius 2 is 1.88 bits per heavy atom. The second-order valence-electron chi connectivity index (χ2n) is 17.0. The van der Waals surface area contributed by atoms with Crippen LogP contribution >= 0.6 is 12.1 Å². The summed E-state index contributed by atoms with van der Waals surface area (Å²) in [6, 6.07) is 10.7. The highest BCUT2D eigenvalue weighted by Gasteiger charge is 2.50. The number of nitrogens with zero attached hydrogens (tertiary/aromatic N) is 8. The van der Waals surface area contributed by atoms with Crippen molar-refractivity contribution in [2.45, 2.75) is 88.3 Å². The number of imide groups is 1. The third-order valence-corrected chi connectivity index (χ3v) is 13.9. The molecule has 2 saturated heterocycles. The minimum Gasteiger partial charge on any atom is -0.453 e. The maximum atomic E-state index is 16.2. The lowest BCUT2D eigenvalue weighted by Crippen LogP contribution is -2.53. The highest BCUT2D eigenvalue weighted by atomic mass is 32.2. The Morgan fingerprint density at radius 3 is 2.58 bits per heavy atom. The first-order valence-corrected chi connectivity index (χ1v) is 22.5. The molecule has 2 aromatic heterocycles. The zero-order valence-electron chi connectivity index (χ0n) is 36.5. The first-order chi connectivity index (χ1) is 31.2. The molecule has 2 unspecified atom stereocenters. The van der Waals surface area contributed by atoms with E-state index in [9.17, 15) is 19.6 Å². The monoisotopic (exact) mass is 918 g/mol. The van der Waals surface area contributed by atoms with Crippen molar-refractivity contribution in [2.75, 3.05) is 49.5 Å². The van der Waals surface area contributed by atoms with Gasteiger partial charge in [-0.3, -0.25) is 34.0 Å². The van der Waals surface area contributed by atoms with Gasteiger partial charge in [0.15, 0.2) is 17.4 Å². The lowest BCUT2D eigenvalue weighted by molar-refractivity contribution is -0.108. The van der Waals surface area contributed by atoms with Crippen LogP contribution in [0.4, 0.5) is 33.9 Å². The molecular formula is C45H50F4N10O5S. The van der Waals surface area contributed by atoms with E-state index >= 15 is 17.6 Å². The van der Waals surface area contributed by atoms with Gasteiger partial charge in [0, 0.05) is 43.7 Å². The molecule has 4 heterocycles. The third kappa shape index (κ3) is 8.98. The summed E-state index contributed by atoms with van der Waals surface area (Å²) in [5, 5.41) is 16.9. The Hall–Kier alpha value is -5.75. The first kappa shape index (κ1) is 45.8. The summed E-state index contributed by atoms with van der Waals surface area (Å²) in [5.41, 5.74) is 0.151. The Balaban J connectivity index is 0.922. The summed E-state index contributed by atoms with van der Waals surface area (Å²) in [5.74, 6) is -6.17. The second kappa shape index (κ2) is 18.6.